The number of piperidine rings is 1. The maximum atomic E-state index is 12.3. The largest absolute Gasteiger partial charge is 0.342 e. The number of anilines is 1. The van der Waals surface area contributed by atoms with E-state index >= 15 is 0 Å². The van der Waals surface area contributed by atoms with Crippen molar-refractivity contribution < 1.29 is 9.59 Å². The quantitative estimate of drug-likeness (QED) is 0.868. The highest BCUT2D eigenvalue weighted by molar-refractivity contribution is 5.92. The van der Waals surface area contributed by atoms with Crippen molar-refractivity contribution in [3.63, 3.8) is 0 Å². The molecule has 126 valence electrons. The number of hydrogen-bond donors (Lipinski definition) is 2. The van der Waals surface area contributed by atoms with Crippen LogP contribution in [0.3, 0.4) is 0 Å². The van der Waals surface area contributed by atoms with E-state index in [2.05, 4.69) is 15.6 Å². The minimum atomic E-state index is -0.0355. The number of nitrogens with zero attached hydrogens (tertiary/aromatic N) is 2. The summed E-state index contributed by atoms with van der Waals surface area (Å²) in [6, 6.07) is 3.74. The molecule has 0 aliphatic carbocycles. The van der Waals surface area contributed by atoms with E-state index in [9.17, 15) is 9.59 Å². The third-order valence-corrected chi connectivity index (χ3v) is 4.47. The number of carbonyl (C=O) groups excluding carboxylic acids is 2. The third-order valence-electron chi connectivity index (χ3n) is 4.47. The van der Waals surface area contributed by atoms with Crippen LogP contribution < -0.4 is 10.6 Å². The zero-order valence-corrected chi connectivity index (χ0v) is 14.1. The Balaban J connectivity index is 0.00000192. The topological polar surface area (TPSA) is 74.3 Å². The van der Waals surface area contributed by atoms with Gasteiger partial charge in [-0.3, -0.25) is 9.59 Å². The number of likely N-dealkylation sites (tertiary alicyclic amines) is 1. The molecular formula is C16H23ClN4O2. The molecule has 23 heavy (non-hydrogen) atoms. The molecule has 6 nitrogen and oxygen atoms in total. The highest BCUT2D eigenvalue weighted by Crippen LogP contribution is 2.21. The van der Waals surface area contributed by atoms with Crippen LogP contribution in [0.4, 0.5) is 5.82 Å². The Morgan fingerprint density at radius 2 is 1.91 bits per heavy atom. The van der Waals surface area contributed by atoms with Gasteiger partial charge in [0.05, 0.1) is 5.92 Å². The number of amides is 2. The first-order valence-electron chi connectivity index (χ1n) is 7.86. The summed E-state index contributed by atoms with van der Waals surface area (Å²) in [6.45, 7) is 4.89. The van der Waals surface area contributed by atoms with Crippen LogP contribution in [0.1, 0.15) is 18.4 Å². The molecule has 3 rings (SSSR count). The Labute approximate surface area is 142 Å². The van der Waals surface area contributed by atoms with Crippen molar-refractivity contribution in [1.29, 1.82) is 0 Å². The fraction of sp³-hybridized carbons (Fsp3) is 0.562. The first kappa shape index (κ1) is 17.7. The number of nitrogens with one attached hydrogen (secondary N) is 2. The number of rotatable bonds is 3. The van der Waals surface area contributed by atoms with Crippen LogP contribution in [0, 0.1) is 18.8 Å². The average Bonchev–Trinajstić information content (AvgIpc) is 2.48. The van der Waals surface area contributed by atoms with Crippen molar-refractivity contribution in [2.75, 3.05) is 31.5 Å². The standard InChI is InChI=1S/C16H22N4O2.ClH/c1-11-2-3-14(18-8-11)19-15(21)12-4-6-20(7-5-12)16(22)13-9-17-10-13;/h2-3,8,12-13,17H,4-7,9-10H2,1H3,(H,18,19,21);1H. The second-order valence-electron chi connectivity index (χ2n) is 6.16. The lowest BCUT2D eigenvalue weighted by molar-refractivity contribution is -0.139. The SMILES string of the molecule is Cc1ccc(NC(=O)C2CCN(C(=O)C3CNC3)CC2)nc1.Cl. The molecule has 0 atom stereocenters. The molecule has 2 amide bonds. The molecule has 1 aromatic heterocycles. The van der Waals surface area contributed by atoms with Gasteiger partial charge in [0.1, 0.15) is 5.82 Å². The van der Waals surface area contributed by atoms with Gasteiger partial charge in [0.2, 0.25) is 11.8 Å². The molecule has 2 fully saturated rings. The van der Waals surface area contributed by atoms with Crippen LogP contribution in [0.25, 0.3) is 0 Å². The zero-order valence-electron chi connectivity index (χ0n) is 13.2. The number of aryl methyl sites for hydroxylation is 1. The summed E-state index contributed by atoms with van der Waals surface area (Å²) in [7, 11) is 0. The summed E-state index contributed by atoms with van der Waals surface area (Å²) in [4.78, 5) is 30.5. The number of pyridine rings is 1. The lowest BCUT2D eigenvalue weighted by Gasteiger charge is -2.36. The molecule has 2 aliphatic heterocycles. The van der Waals surface area contributed by atoms with Crippen LogP contribution in [-0.2, 0) is 9.59 Å². The second kappa shape index (κ2) is 7.75. The lowest BCUT2D eigenvalue weighted by atomic mass is 9.93. The Kier molecular flexibility index (Phi) is 5.96. The van der Waals surface area contributed by atoms with Gasteiger partial charge in [-0.2, -0.15) is 0 Å². The van der Waals surface area contributed by atoms with Crippen molar-refractivity contribution >= 4 is 30.0 Å². The molecule has 0 bridgehead atoms. The zero-order chi connectivity index (χ0) is 15.5. The van der Waals surface area contributed by atoms with Gasteiger partial charge in [-0.1, -0.05) is 6.07 Å². The summed E-state index contributed by atoms with van der Waals surface area (Å²) in [5.41, 5.74) is 1.07. The smallest absolute Gasteiger partial charge is 0.228 e. The number of hydrogen-bond acceptors (Lipinski definition) is 4. The maximum Gasteiger partial charge on any atom is 0.228 e. The summed E-state index contributed by atoms with van der Waals surface area (Å²) in [5.74, 6) is 0.940. The van der Waals surface area contributed by atoms with E-state index in [0.717, 1.165) is 31.5 Å². The van der Waals surface area contributed by atoms with E-state index in [4.69, 9.17) is 0 Å². The molecule has 3 heterocycles. The normalized spacial score (nSPS) is 18.7. The summed E-state index contributed by atoms with van der Waals surface area (Å²) in [5, 5.41) is 5.99. The highest BCUT2D eigenvalue weighted by Gasteiger charge is 2.33. The van der Waals surface area contributed by atoms with Crippen LogP contribution in [0.2, 0.25) is 0 Å². The molecule has 0 unspecified atom stereocenters. The number of halogens is 1. The number of aromatic nitrogens is 1. The van der Waals surface area contributed by atoms with Crippen LogP contribution in [0.15, 0.2) is 18.3 Å². The molecule has 7 heteroatoms. The Hall–Kier alpha value is -1.66. The van der Waals surface area contributed by atoms with Gasteiger partial charge in [0.25, 0.3) is 0 Å². The van der Waals surface area contributed by atoms with Crippen molar-refractivity contribution in [3.8, 4) is 0 Å². The van der Waals surface area contributed by atoms with Gasteiger partial charge >= 0.3 is 0 Å². The van der Waals surface area contributed by atoms with Gasteiger partial charge < -0.3 is 15.5 Å². The third kappa shape index (κ3) is 4.20. The molecule has 2 N–H and O–H groups in total. The van der Waals surface area contributed by atoms with E-state index in [1.165, 1.54) is 0 Å². The van der Waals surface area contributed by atoms with E-state index in [-0.39, 0.29) is 36.1 Å². The number of carbonyl (C=O) groups is 2. The molecule has 0 saturated carbocycles. The van der Waals surface area contributed by atoms with Crippen LogP contribution in [-0.4, -0.2) is 47.9 Å². The fourth-order valence-electron chi connectivity index (χ4n) is 2.85. The van der Waals surface area contributed by atoms with Crippen molar-refractivity contribution in [3.05, 3.63) is 23.9 Å². The van der Waals surface area contributed by atoms with E-state index in [1.54, 1.807) is 6.20 Å². The fourth-order valence-corrected chi connectivity index (χ4v) is 2.85. The van der Waals surface area contributed by atoms with E-state index in [1.807, 2.05) is 24.0 Å². The highest BCUT2D eigenvalue weighted by atomic mass is 35.5. The molecule has 0 aromatic carbocycles. The Morgan fingerprint density at radius 1 is 1.22 bits per heavy atom. The van der Waals surface area contributed by atoms with Crippen LogP contribution in [0.5, 0.6) is 0 Å². The van der Waals surface area contributed by atoms with Crippen molar-refractivity contribution in [2.24, 2.45) is 11.8 Å². The summed E-state index contributed by atoms with van der Waals surface area (Å²) >= 11 is 0. The van der Waals surface area contributed by atoms with Gasteiger partial charge in [-0.05, 0) is 31.4 Å². The lowest BCUT2D eigenvalue weighted by Crippen LogP contribution is -2.53. The van der Waals surface area contributed by atoms with E-state index in [0.29, 0.717) is 18.9 Å². The molecule has 0 spiro atoms. The minimum absolute atomic E-state index is 0. The second-order valence-corrected chi connectivity index (χ2v) is 6.16. The van der Waals surface area contributed by atoms with Gasteiger partial charge in [0, 0.05) is 38.3 Å². The Morgan fingerprint density at radius 3 is 2.43 bits per heavy atom. The first-order valence-corrected chi connectivity index (χ1v) is 7.86. The van der Waals surface area contributed by atoms with Gasteiger partial charge in [0.15, 0.2) is 0 Å². The minimum Gasteiger partial charge on any atom is -0.342 e. The van der Waals surface area contributed by atoms with Gasteiger partial charge in [-0.15, -0.1) is 12.4 Å². The van der Waals surface area contributed by atoms with Crippen molar-refractivity contribution in [2.45, 2.75) is 19.8 Å². The summed E-state index contributed by atoms with van der Waals surface area (Å²) in [6.07, 6.45) is 3.19. The van der Waals surface area contributed by atoms with E-state index < -0.39 is 0 Å². The average molecular weight is 339 g/mol. The van der Waals surface area contributed by atoms with Gasteiger partial charge in [-0.25, -0.2) is 4.98 Å². The predicted molar refractivity (Wildman–Crippen MR) is 90.5 cm³/mol. The van der Waals surface area contributed by atoms with Crippen molar-refractivity contribution in [1.82, 2.24) is 15.2 Å². The predicted octanol–water partition coefficient (Wildman–Crippen LogP) is 1.21. The molecular weight excluding hydrogens is 316 g/mol. The molecule has 0 radical (unpaired) electrons. The van der Waals surface area contributed by atoms with Crippen LogP contribution >= 0.6 is 12.4 Å². The molecule has 2 aliphatic rings. The first-order chi connectivity index (χ1) is 10.6. The summed E-state index contributed by atoms with van der Waals surface area (Å²) < 4.78 is 0. The molecule has 1 aromatic rings. The maximum absolute atomic E-state index is 12.3. The monoisotopic (exact) mass is 338 g/mol. The Bertz CT molecular complexity index is 552. The molecule has 2 saturated heterocycles.